The number of H-pyrrole nitrogens is 1. The van der Waals surface area contributed by atoms with Crippen LogP contribution in [-0.2, 0) is 18.4 Å². The molecule has 0 aliphatic carbocycles. The summed E-state index contributed by atoms with van der Waals surface area (Å²) < 4.78 is 0. The highest BCUT2D eigenvalue weighted by Gasteiger charge is 2.19. The van der Waals surface area contributed by atoms with Gasteiger partial charge in [-0.3, -0.25) is 9.69 Å². The van der Waals surface area contributed by atoms with Gasteiger partial charge >= 0.3 is 5.69 Å². The van der Waals surface area contributed by atoms with Crippen molar-refractivity contribution in [2.24, 2.45) is 0 Å². The van der Waals surface area contributed by atoms with Crippen molar-refractivity contribution >= 4 is 5.91 Å². The Morgan fingerprint density at radius 1 is 1.27 bits per heavy atom. The summed E-state index contributed by atoms with van der Waals surface area (Å²) in [7, 11) is 0. The quantitative estimate of drug-likeness (QED) is 0.878. The molecule has 0 saturated carbocycles. The third-order valence-corrected chi connectivity index (χ3v) is 4.71. The van der Waals surface area contributed by atoms with Crippen molar-refractivity contribution in [3.63, 3.8) is 0 Å². The van der Waals surface area contributed by atoms with Crippen molar-refractivity contribution in [2.45, 2.75) is 39.2 Å². The molecular formula is C20H26N4O2. The molecule has 1 aliphatic heterocycles. The SMILES string of the molecule is CC(C)(C)c1cc(C(=O)NCCN2CCc3ccccc3C2)nc(=O)[nH]1. The zero-order valence-corrected chi connectivity index (χ0v) is 15.6. The van der Waals surface area contributed by atoms with Gasteiger partial charge in [0.1, 0.15) is 5.69 Å². The van der Waals surface area contributed by atoms with Crippen molar-refractivity contribution in [1.82, 2.24) is 20.2 Å². The lowest BCUT2D eigenvalue weighted by Gasteiger charge is -2.28. The molecule has 1 aromatic carbocycles. The molecule has 0 fully saturated rings. The average Bonchev–Trinajstić information content (AvgIpc) is 2.60. The predicted octanol–water partition coefficient (Wildman–Crippen LogP) is 1.86. The van der Waals surface area contributed by atoms with Crippen LogP contribution in [-0.4, -0.2) is 40.4 Å². The second-order valence-electron chi connectivity index (χ2n) is 7.79. The number of aromatic amines is 1. The van der Waals surface area contributed by atoms with E-state index in [4.69, 9.17) is 0 Å². The van der Waals surface area contributed by atoms with Gasteiger partial charge in [-0.05, 0) is 23.6 Å². The fourth-order valence-electron chi connectivity index (χ4n) is 3.14. The number of carbonyl (C=O) groups is 1. The summed E-state index contributed by atoms with van der Waals surface area (Å²) in [5.74, 6) is -0.306. The summed E-state index contributed by atoms with van der Waals surface area (Å²) in [4.78, 5) is 33.0. The van der Waals surface area contributed by atoms with Crippen molar-refractivity contribution in [1.29, 1.82) is 0 Å². The molecule has 0 unspecified atom stereocenters. The van der Waals surface area contributed by atoms with Gasteiger partial charge in [0.2, 0.25) is 0 Å². The number of benzene rings is 1. The van der Waals surface area contributed by atoms with Gasteiger partial charge in [-0.25, -0.2) is 4.79 Å². The smallest absolute Gasteiger partial charge is 0.345 e. The van der Waals surface area contributed by atoms with Gasteiger partial charge in [-0.1, -0.05) is 45.0 Å². The normalized spacial score (nSPS) is 14.7. The molecule has 2 aromatic rings. The molecule has 6 heteroatoms. The highest BCUT2D eigenvalue weighted by atomic mass is 16.2. The standard InChI is InChI=1S/C20H26N4O2/c1-20(2,3)17-12-16(22-19(26)23-17)18(25)21-9-11-24-10-8-14-6-4-5-7-15(14)13-24/h4-7,12H,8-11,13H2,1-3H3,(H,21,25)(H,22,23,26). The molecule has 1 aliphatic rings. The van der Waals surface area contributed by atoms with E-state index in [0.29, 0.717) is 12.2 Å². The van der Waals surface area contributed by atoms with Crippen LogP contribution in [0.15, 0.2) is 35.1 Å². The Hall–Kier alpha value is -2.47. The zero-order chi connectivity index (χ0) is 18.7. The summed E-state index contributed by atoms with van der Waals surface area (Å²) in [6.07, 6.45) is 1.04. The monoisotopic (exact) mass is 354 g/mol. The Bertz CT molecular complexity index is 851. The van der Waals surface area contributed by atoms with Gasteiger partial charge in [0.05, 0.1) is 0 Å². The van der Waals surface area contributed by atoms with Gasteiger partial charge in [0.15, 0.2) is 0 Å². The Kier molecular flexibility index (Phi) is 5.23. The molecule has 138 valence electrons. The van der Waals surface area contributed by atoms with Gasteiger partial charge in [-0.15, -0.1) is 0 Å². The second kappa shape index (κ2) is 7.41. The first-order chi connectivity index (χ1) is 12.3. The number of nitrogens with zero attached hydrogens (tertiary/aromatic N) is 2. The Balaban J connectivity index is 1.57. The van der Waals surface area contributed by atoms with Crippen molar-refractivity contribution in [3.05, 3.63) is 63.3 Å². The minimum Gasteiger partial charge on any atom is -0.349 e. The molecule has 0 radical (unpaired) electrons. The van der Waals surface area contributed by atoms with Gasteiger partial charge in [-0.2, -0.15) is 4.98 Å². The number of aromatic nitrogens is 2. The van der Waals surface area contributed by atoms with E-state index in [0.717, 1.165) is 26.1 Å². The maximum Gasteiger partial charge on any atom is 0.345 e. The lowest BCUT2D eigenvalue weighted by Crippen LogP contribution is -2.38. The highest BCUT2D eigenvalue weighted by molar-refractivity contribution is 5.92. The minimum absolute atomic E-state index is 0.169. The zero-order valence-electron chi connectivity index (χ0n) is 15.6. The first kappa shape index (κ1) is 18.3. The largest absolute Gasteiger partial charge is 0.349 e. The molecule has 1 aromatic heterocycles. The number of rotatable bonds is 4. The van der Waals surface area contributed by atoms with Crippen LogP contribution in [0, 0.1) is 0 Å². The lowest BCUT2D eigenvalue weighted by atomic mass is 9.91. The molecule has 0 saturated heterocycles. The van der Waals surface area contributed by atoms with E-state index >= 15 is 0 Å². The van der Waals surface area contributed by atoms with Gasteiger partial charge < -0.3 is 10.3 Å². The maximum absolute atomic E-state index is 12.4. The molecule has 2 N–H and O–H groups in total. The number of fused-ring (bicyclic) bond motifs is 1. The fourth-order valence-corrected chi connectivity index (χ4v) is 3.14. The van der Waals surface area contributed by atoms with E-state index in [9.17, 15) is 9.59 Å². The van der Waals surface area contributed by atoms with Gasteiger partial charge in [0.25, 0.3) is 5.91 Å². The van der Waals surface area contributed by atoms with E-state index < -0.39 is 5.69 Å². The molecule has 0 bridgehead atoms. The summed E-state index contributed by atoms with van der Waals surface area (Å²) >= 11 is 0. The van der Waals surface area contributed by atoms with E-state index in [1.807, 2.05) is 20.8 Å². The van der Waals surface area contributed by atoms with Crippen LogP contribution in [0.25, 0.3) is 0 Å². The molecule has 0 spiro atoms. The van der Waals surface area contributed by atoms with Crippen LogP contribution in [0.3, 0.4) is 0 Å². The summed E-state index contributed by atoms with van der Waals surface area (Å²) in [6, 6.07) is 10.1. The lowest BCUT2D eigenvalue weighted by molar-refractivity contribution is 0.0941. The summed E-state index contributed by atoms with van der Waals surface area (Å²) in [5.41, 5.74) is 2.90. The minimum atomic E-state index is -0.491. The van der Waals surface area contributed by atoms with Crippen LogP contribution < -0.4 is 11.0 Å². The van der Waals surface area contributed by atoms with Crippen LogP contribution >= 0.6 is 0 Å². The molecule has 3 rings (SSSR count). The van der Waals surface area contributed by atoms with E-state index in [-0.39, 0.29) is 17.0 Å². The van der Waals surface area contributed by atoms with Crippen LogP contribution in [0.4, 0.5) is 0 Å². The summed E-state index contributed by atoms with van der Waals surface area (Å²) in [5, 5.41) is 2.88. The van der Waals surface area contributed by atoms with E-state index in [2.05, 4.69) is 44.5 Å². The van der Waals surface area contributed by atoms with Crippen molar-refractivity contribution in [3.8, 4) is 0 Å². The maximum atomic E-state index is 12.4. The van der Waals surface area contributed by atoms with E-state index in [1.54, 1.807) is 6.07 Å². The topological polar surface area (TPSA) is 78.1 Å². The fraction of sp³-hybridized carbons (Fsp3) is 0.450. The second-order valence-corrected chi connectivity index (χ2v) is 7.79. The third-order valence-electron chi connectivity index (χ3n) is 4.71. The number of carbonyl (C=O) groups excluding carboxylic acids is 1. The average molecular weight is 354 g/mol. The molecule has 0 atom stereocenters. The van der Waals surface area contributed by atoms with Crippen LogP contribution in [0.1, 0.15) is 48.1 Å². The Morgan fingerprint density at radius 2 is 2.00 bits per heavy atom. The Morgan fingerprint density at radius 3 is 2.73 bits per heavy atom. The third kappa shape index (κ3) is 4.38. The van der Waals surface area contributed by atoms with Crippen LogP contribution in [0.5, 0.6) is 0 Å². The number of hydrogen-bond acceptors (Lipinski definition) is 4. The van der Waals surface area contributed by atoms with Crippen molar-refractivity contribution in [2.75, 3.05) is 19.6 Å². The molecule has 2 heterocycles. The molecule has 6 nitrogen and oxygen atoms in total. The van der Waals surface area contributed by atoms with Crippen molar-refractivity contribution < 1.29 is 4.79 Å². The summed E-state index contributed by atoms with van der Waals surface area (Å²) in [6.45, 7) is 9.14. The predicted molar refractivity (Wildman–Crippen MR) is 101 cm³/mol. The number of amides is 1. The Labute approximate surface area is 153 Å². The van der Waals surface area contributed by atoms with Crippen LogP contribution in [0.2, 0.25) is 0 Å². The van der Waals surface area contributed by atoms with Gasteiger partial charge in [0, 0.05) is 37.3 Å². The molecule has 1 amide bonds. The number of hydrogen-bond donors (Lipinski definition) is 2. The molecular weight excluding hydrogens is 328 g/mol. The number of nitrogens with one attached hydrogen (secondary N) is 2. The molecule has 26 heavy (non-hydrogen) atoms. The van der Waals surface area contributed by atoms with E-state index in [1.165, 1.54) is 11.1 Å². The highest BCUT2D eigenvalue weighted by Crippen LogP contribution is 2.19. The first-order valence-corrected chi connectivity index (χ1v) is 9.02. The first-order valence-electron chi connectivity index (χ1n) is 9.02.